The first-order valence-corrected chi connectivity index (χ1v) is 8.66. The molecule has 0 bridgehead atoms. The summed E-state index contributed by atoms with van der Waals surface area (Å²) in [4.78, 5) is 14.9. The zero-order valence-corrected chi connectivity index (χ0v) is 12.9. The van der Waals surface area contributed by atoms with Crippen molar-refractivity contribution in [2.45, 2.75) is 70.8 Å². The van der Waals surface area contributed by atoms with E-state index in [2.05, 4.69) is 11.8 Å². The molecule has 1 aliphatic heterocycles. The minimum Gasteiger partial charge on any atom is -0.342 e. The number of nitrogens with zero attached hydrogens (tertiary/aromatic N) is 1. The van der Waals surface area contributed by atoms with Crippen LogP contribution in [0.15, 0.2) is 0 Å². The Kier molecular flexibility index (Phi) is 4.07. The molecule has 114 valence electrons. The highest BCUT2D eigenvalue weighted by Crippen LogP contribution is 2.46. The number of carbonyl (C=O) groups is 1. The Labute approximate surface area is 123 Å². The normalized spacial score (nSPS) is 37.3. The van der Waals surface area contributed by atoms with Crippen molar-refractivity contribution in [1.29, 1.82) is 0 Å². The third kappa shape index (κ3) is 2.61. The molecule has 3 heteroatoms. The van der Waals surface area contributed by atoms with Crippen LogP contribution in [0.5, 0.6) is 0 Å². The topological polar surface area (TPSA) is 46.3 Å². The fourth-order valence-corrected chi connectivity index (χ4v) is 4.79. The van der Waals surface area contributed by atoms with E-state index in [0.717, 1.165) is 19.5 Å². The van der Waals surface area contributed by atoms with Crippen molar-refractivity contribution in [2.75, 3.05) is 13.1 Å². The number of nitrogens with two attached hydrogens (primary N) is 1. The predicted molar refractivity (Wildman–Crippen MR) is 81.2 cm³/mol. The molecule has 2 saturated carbocycles. The van der Waals surface area contributed by atoms with E-state index in [1.165, 1.54) is 51.4 Å². The Balaban J connectivity index is 1.58. The third-order valence-electron chi connectivity index (χ3n) is 6.41. The maximum absolute atomic E-state index is 12.8. The molecule has 0 radical (unpaired) electrons. The summed E-state index contributed by atoms with van der Waals surface area (Å²) in [5.74, 6) is 0.955. The van der Waals surface area contributed by atoms with Crippen molar-refractivity contribution in [1.82, 2.24) is 4.90 Å². The number of rotatable bonds is 1. The quantitative estimate of drug-likeness (QED) is 0.801. The van der Waals surface area contributed by atoms with E-state index < -0.39 is 0 Å². The molecule has 1 heterocycles. The lowest BCUT2D eigenvalue weighted by Crippen LogP contribution is -2.51. The van der Waals surface area contributed by atoms with Crippen LogP contribution in [-0.4, -0.2) is 29.9 Å². The Morgan fingerprint density at radius 3 is 2.35 bits per heavy atom. The second kappa shape index (κ2) is 5.67. The Morgan fingerprint density at radius 2 is 1.70 bits per heavy atom. The summed E-state index contributed by atoms with van der Waals surface area (Å²) in [6, 6.07) is 0.0821. The van der Waals surface area contributed by atoms with Gasteiger partial charge in [0.25, 0.3) is 0 Å². The van der Waals surface area contributed by atoms with Gasteiger partial charge in [-0.3, -0.25) is 4.79 Å². The van der Waals surface area contributed by atoms with Gasteiger partial charge in [-0.1, -0.05) is 26.2 Å². The molecule has 0 aromatic carbocycles. The largest absolute Gasteiger partial charge is 0.342 e. The number of hydrogen-bond acceptors (Lipinski definition) is 2. The monoisotopic (exact) mass is 278 g/mol. The van der Waals surface area contributed by atoms with Crippen LogP contribution < -0.4 is 5.73 Å². The molecular formula is C17H30N2O. The lowest BCUT2D eigenvalue weighted by Gasteiger charge is -2.42. The molecule has 2 aliphatic carbocycles. The van der Waals surface area contributed by atoms with Gasteiger partial charge in [0.2, 0.25) is 5.91 Å². The summed E-state index contributed by atoms with van der Waals surface area (Å²) in [6.07, 6.45) is 11.4. The van der Waals surface area contributed by atoms with Gasteiger partial charge in [0, 0.05) is 19.1 Å². The van der Waals surface area contributed by atoms with Crippen LogP contribution in [0.1, 0.15) is 64.7 Å². The summed E-state index contributed by atoms with van der Waals surface area (Å²) < 4.78 is 0. The number of amides is 1. The number of likely N-dealkylation sites (tertiary alicyclic amines) is 1. The standard InChI is InChI=1S/C17H30N2O/c1-13-5-4-6-14(15(13)18)16(20)19-11-9-17(10-12-19)7-2-3-8-17/h13-15H,2-12,18H2,1H3. The number of hydrogen-bond donors (Lipinski definition) is 1. The molecule has 3 rings (SSSR count). The highest BCUT2D eigenvalue weighted by molar-refractivity contribution is 5.79. The molecule has 3 unspecified atom stereocenters. The Morgan fingerprint density at radius 1 is 1.05 bits per heavy atom. The second-order valence-electron chi connectivity index (χ2n) is 7.62. The van der Waals surface area contributed by atoms with Crippen LogP contribution in [0.3, 0.4) is 0 Å². The van der Waals surface area contributed by atoms with Gasteiger partial charge in [0.05, 0.1) is 5.92 Å². The van der Waals surface area contributed by atoms with E-state index in [4.69, 9.17) is 5.73 Å². The SMILES string of the molecule is CC1CCCC(C(=O)N2CCC3(CCCC3)CC2)C1N. The van der Waals surface area contributed by atoms with Gasteiger partial charge in [-0.05, 0) is 49.9 Å². The molecule has 3 fully saturated rings. The zero-order valence-electron chi connectivity index (χ0n) is 12.9. The van der Waals surface area contributed by atoms with E-state index in [-0.39, 0.29) is 12.0 Å². The Hall–Kier alpha value is -0.570. The van der Waals surface area contributed by atoms with Gasteiger partial charge in [0.1, 0.15) is 0 Å². The van der Waals surface area contributed by atoms with E-state index in [1.807, 2.05) is 0 Å². The molecule has 1 amide bonds. The van der Waals surface area contributed by atoms with Crippen LogP contribution >= 0.6 is 0 Å². The minimum atomic E-state index is 0.0821. The average Bonchev–Trinajstić information content (AvgIpc) is 2.90. The lowest BCUT2D eigenvalue weighted by atomic mass is 9.75. The molecule has 1 spiro atoms. The van der Waals surface area contributed by atoms with Gasteiger partial charge in [0.15, 0.2) is 0 Å². The molecule has 3 aliphatic rings. The predicted octanol–water partition coefficient (Wildman–Crippen LogP) is 2.93. The van der Waals surface area contributed by atoms with E-state index in [0.29, 0.717) is 17.2 Å². The fourth-order valence-electron chi connectivity index (χ4n) is 4.79. The molecule has 2 N–H and O–H groups in total. The summed E-state index contributed by atoms with van der Waals surface area (Å²) in [6.45, 7) is 4.17. The first-order valence-electron chi connectivity index (χ1n) is 8.66. The first kappa shape index (κ1) is 14.4. The first-order chi connectivity index (χ1) is 9.61. The van der Waals surface area contributed by atoms with Gasteiger partial charge >= 0.3 is 0 Å². The van der Waals surface area contributed by atoms with E-state index >= 15 is 0 Å². The van der Waals surface area contributed by atoms with E-state index in [9.17, 15) is 4.79 Å². The maximum Gasteiger partial charge on any atom is 0.227 e. The molecule has 0 aromatic rings. The van der Waals surface area contributed by atoms with Crippen LogP contribution in [0.4, 0.5) is 0 Å². The smallest absolute Gasteiger partial charge is 0.227 e. The van der Waals surface area contributed by atoms with Gasteiger partial charge in [-0.2, -0.15) is 0 Å². The fraction of sp³-hybridized carbons (Fsp3) is 0.941. The summed E-state index contributed by atoms with van der Waals surface area (Å²) in [7, 11) is 0. The average molecular weight is 278 g/mol. The van der Waals surface area contributed by atoms with Crippen LogP contribution in [0.25, 0.3) is 0 Å². The highest BCUT2D eigenvalue weighted by Gasteiger charge is 2.41. The third-order valence-corrected chi connectivity index (χ3v) is 6.41. The molecule has 0 aromatic heterocycles. The Bertz CT molecular complexity index is 352. The van der Waals surface area contributed by atoms with Crippen LogP contribution in [-0.2, 0) is 4.79 Å². The van der Waals surface area contributed by atoms with Gasteiger partial charge < -0.3 is 10.6 Å². The van der Waals surface area contributed by atoms with Gasteiger partial charge in [-0.15, -0.1) is 0 Å². The molecular weight excluding hydrogens is 248 g/mol. The molecule has 3 atom stereocenters. The minimum absolute atomic E-state index is 0.0821. The number of carbonyl (C=O) groups excluding carboxylic acids is 1. The second-order valence-corrected chi connectivity index (χ2v) is 7.62. The highest BCUT2D eigenvalue weighted by atomic mass is 16.2. The van der Waals surface area contributed by atoms with Crippen molar-refractivity contribution in [3.05, 3.63) is 0 Å². The van der Waals surface area contributed by atoms with Crippen molar-refractivity contribution in [3.8, 4) is 0 Å². The van der Waals surface area contributed by atoms with Gasteiger partial charge in [-0.25, -0.2) is 0 Å². The summed E-state index contributed by atoms with van der Waals surface area (Å²) in [5.41, 5.74) is 6.89. The zero-order chi connectivity index (χ0) is 14.2. The van der Waals surface area contributed by atoms with Crippen molar-refractivity contribution >= 4 is 5.91 Å². The molecule has 20 heavy (non-hydrogen) atoms. The van der Waals surface area contributed by atoms with Crippen LogP contribution in [0.2, 0.25) is 0 Å². The van der Waals surface area contributed by atoms with Crippen molar-refractivity contribution in [2.24, 2.45) is 23.0 Å². The molecule has 1 saturated heterocycles. The van der Waals surface area contributed by atoms with E-state index in [1.54, 1.807) is 0 Å². The van der Waals surface area contributed by atoms with Crippen molar-refractivity contribution < 1.29 is 4.79 Å². The van der Waals surface area contributed by atoms with Crippen molar-refractivity contribution in [3.63, 3.8) is 0 Å². The maximum atomic E-state index is 12.8. The van der Waals surface area contributed by atoms with Crippen LogP contribution in [0, 0.1) is 17.3 Å². The lowest BCUT2D eigenvalue weighted by molar-refractivity contribution is -0.140. The summed E-state index contributed by atoms with van der Waals surface area (Å²) in [5, 5.41) is 0. The summed E-state index contributed by atoms with van der Waals surface area (Å²) >= 11 is 0. The molecule has 3 nitrogen and oxygen atoms in total. The number of piperidine rings is 1.